The fraction of sp³-hybridized carbons (Fsp3) is 0.320. The van der Waals surface area contributed by atoms with Gasteiger partial charge in [0.1, 0.15) is 11.3 Å². The number of nitrogens with two attached hydrogens (primary N) is 1. The molecular formula is C25H24F3N5OS. The average molecular weight is 500 g/mol. The summed E-state index contributed by atoms with van der Waals surface area (Å²) in [4.78, 5) is 16.0. The maximum Gasteiger partial charge on any atom is 0.416 e. The van der Waals surface area contributed by atoms with Crippen LogP contribution in [0, 0.1) is 0 Å². The molecular weight excluding hydrogens is 475 g/mol. The molecule has 0 saturated carbocycles. The number of hydrogen-bond donors (Lipinski definition) is 1. The highest BCUT2D eigenvalue weighted by molar-refractivity contribution is 7.22. The Morgan fingerprint density at radius 1 is 0.971 bits per heavy atom. The molecule has 6 nitrogen and oxygen atoms in total. The number of anilines is 1. The van der Waals surface area contributed by atoms with Gasteiger partial charge in [-0.2, -0.15) is 18.2 Å². The number of likely N-dealkylation sites (tertiary alicyclic amines) is 1. The summed E-state index contributed by atoms with van der Waals surface area (Å²) in [6.07, 6.45) is -0.172. The van der Waals surface area contributed by atoms with Crippen LogP contribution in [0.25, 0.3) is 21.5 Å². The Balaban J connectivity index is 1.47. The first-order valence-corrected chi connectivity index (χ1v) is 12.3. The van der Waals surface area contributed by atoms with Crippen LogP contribution in [0.1, 0.15) is 30.7 Å². The lowest BCUT2D eigenvalue weighted by molar-refractivity contribution is -0.137. The molecule has 2 N–H and O–H groups in total. The topological polar surface area (TPSA) is 77.2 Å². The average Bonchev–Trinajstić information content (AvgIpc) is 3.24. The minimum atomic E-state index is -4.40. The standard InChI is InChI=1S/C25H24F3N5OS/c26-25(27,28)17-9-7-16(8-10-17)18-15-22(31-21(30-18)11-14-33-12-2-1-3-13-33)34-19-5-4-6-20-23(19)32-24(29)35-20/h4-10,15H,1-3,11-14H2,(H2,29,32). The van der Waals surface area contributed by atoms with Gasteiger partial charge in [-0.3, -0.25) is 0 Å². The lowest BCUT2D eigenvalue weighted by Gasteiger charge is -2.26. The highest BCUT2D eigenvalue weighted by atomic mass is 32.1. The fourth-order valence-corrected chi connectivity index (χ4v) is 4.94. The Hall–Kier alpha value is -3.24. The molecule has 35 heavy (non-hydrogen) atoms. The molecule has 4 aromatic rings. The first-order chi connectivity index (χ1) is 16.8. The van der Waals surface area contributed by atoms with Crippen molar-refractivity contribution < 1.29 is 17.9 Å². The lowest BCUT2D eigenvalue weighted by Crippen LogP contribution is -2.31. The van der Waals surface area contributed by atoms with E-state index in [0.29, 0.717) is 45.8 Å². The molecule has 0 bridgehead atoms. The minimum absolute atomic E-state index is 0.308. The second kappa shape index (κ2) is 9.79. The molecule has 1 aliphatic rings. The van der Waals surface area contributed by atoms with Gasteiger partial charge in [0.25, 0.3) is 0 Å². The lowest BCUT2D eigenvalue weighted by atomic mass is 10.1. The van der Waals surface area contributed by atoms with Crippen molar-refractivity contribution in [2.75, 3.05) is 25.4 Å². The van der Waals surface area contributed by atoms with Crippen molar-refractivity contribution in [2.45, 2.75) is 31.9 Å². The Morgan fingerprint density at radius 3 is 2.49 bits per heavy atom. The summed E-state index contributed by atoms with van der Waals surface area (Å²) in [5.41, 5.74) is 6.86. The molecule has 0 unspecified atom stereocenters. The number of ether oxygens (including phenoxy) is 1. The molecule has 10 heteroatoms. The summed E-state index contributed by atoms with van der Waals surface area (Å²) in [5, 5.41) is 0.436. The first-order valence-electron chi connectivity index (χ1n) is 11.5. The fourth-order valence-electron chi connectivity index (χ4n) is 4.19. The van der Waals surface area contributed by atoms with Gasteiger partial charge >= 0.3 is 6.18 Å². The van der Waals surface area contributed by atoms with Gasteiger partial charge in [0.05, 0.1) is 16.0 Å². The van der Waals surface area contributed by atoms with Crippen LogP contribution in [0.3, 0.4) is 0 Å². The number of benzene rings is 2. The van der Waals surface area contributed by atoms with Gasteiger partial charge in [-0.05, 0) is 50.2 Å². The van der Waals surface area contributed by atoms with Gasteiger partial charge in [-0.15, -0.1) is 0 Å². The molecule has 0 amide bonds. The van der Waals surface area contributed by atoms with Crippen LogP contribution >= 0.6 is 11.3 Å². The maximum atomic E-state index is 13.0. The number of para-hydroxylation sites is 1. The van der Waals surface area contributed by atoms with Gasteiger partial charge in [0.15, 0.2) is 10.9 Å². The van der Waals surface area contributed by atoms with E-state index < -0.39 is 11.7 Å². The van der Waals surface area contributed by atoms with Gasteiger partial charge in [0, 0.05) is 24.6 Å². The van der Waals surface area contributed by atoms with Crippen molar-refractivity contribution in [3.05, 3.63) is 59.9 Å². The molecule has 1 aliphatic heterocycles. The third-order valence-corrected chi connectivity index (χ3v) is 6.82. The van der Waals surface area contributed by atoms with E-state index in [4.69, 9.17) is 10.5 Å². The molecule has 2 aromatic carbocycles. The van der Waals surface area contributed by atoms with Crippen molar-refractivity contribution in [3.8, 4) is 22.9 Å². The zero-order valence-corrected chi connectivity index (χ0v) is 19.7. The molecule has 1 fully saturated rings. The van der Waals surface area contributed by atoms with Crippen LogP contribution in [-0.2, 0) is 12.6 Å². The SMILES string of the molecule is Nc1nc2c(Oc3cc(-c4ccc(C(F)(F)F)cc4)nc(CCN4CCCCC4)n3)cccc2s1. The molecule has 3 heterocycles. The Bertz CT molecular complexity index is 1320. The number of nitrogens with zero attached hydrogens (tertiary/aromatic N) is 4. The number of hydrogen-bond acceptors (Lipinski definition) is 7. The third-order valence-electron chi connectivity index (χ3n) is 5.97. The Kier molecular flexibility index (Phi) is 6.57. The van der Waals surface area contributed by atoms with E-state index in [1.54, 1.807) is 12.1 Å². The predicted molar refractivity (Wildman–Crippen MR) is 131 cm³/mol. The summed E-state index contributed by atoms with van der Waals surface area (Å²) >= 11 is 1.36. The van der Waals surface area contributed by atoms with E-state index in [2.05, 4.69) is 19.9 Å². The van der Waals surface area contributed by atoms with Crippen LogP contribution < -0.4 is 10.5 Å². The molecule has 0 atom stereocenters. The van der Waals surface area contributed by atoms with Crippen molar-refractivity contribution in [1.82, 2.24) is 19.9 Å². The largest absolute Gasteiger partial charge is 0.437 e. The van der Waals surface area contributed by atoms with Crippen molar-refractivity contribution in [3.63, 3.8) is 0 Å². The number of halogens is 3. The summed E-state index contributed by atoms with van der Waals surface area (Å²) < 4.78 is 46.1. The van der Waals surface area contributed by atoms with Crippen LogP contribution in [0.4, 0.5) is 18.3 Å². The van der Waals surface area contributed by atoms with E-state index >= 15 is 0 Å². The van der Waals surface area contributed by atoms with Crippen LogP contribution in [0.5, 0.6) is 11.6 Å². The number of piperidine rings is 1. The summed E-state index contributed by atoms with van der Waals surface area (Å²) in [7, 11) is 0. The van der Waals surface area contributed by atoms with Crippen LogP contribution in [-0.4, -0.2) is 39.5 Å². The monoisotopic (exact) mass is 499 g/mol. The number of nitrogen functional groups attached to an aromatic ring is 1. The summed E-state index contributed by atoms with van der Waals surface area (Å²) in [5.74, 6) is 1.39. The van der Waals surface area contributed by atoms with Crippen LogP contribution in [0.15, 0.2) is 48.5 Å². The van der Waals surface area contributed by atoms with Crippen LogP contribution in [0.2, 0.25) is 0 Å². The molecule has 2 aromatic heterocycles. The zero-order valence-electron chi connectivity index (χ0n) is 18.9. The highest BCUT2D eigenvalue weighted by Crippen LogP contribution is 2.35. The highest BCUT2D eigenvalue weighted by Gasteiger charge is 2.30. The summed E-state index contributed by atoms with van der Waals surface area (Å²) in [6.45, 7) is 2.92. The number of rotatable bonds is 6. The second-order valence-electron chi connectivity index (χ2n) is 8.49. The quantitative estimate of drug-likeness (QED) is 0.342. The maximum absolute atomic E-state index is 13.0. The van der Waals surface area contributed by atoms with E-state index in [1.165, 1.54) is 42.7 Å². The first kappa shape index (κ1) is 23.5. The number of aromatic nitrogens is 3. The van der Waals surface area contributed by atoms with E-state index in [0.717, 1.165) is 36.5 Å². The van der Waals surface area contributed by atoms with Gasteiger partial charge in [-0.1, -0.05) is 36.0 Å². The minimum Gasteiger partial charge on any atom is -0.437 e. The molecule has 0 aliphatic carbocycles. The molecule has 182 valence electrons. The van der Waals surface area contributed by atoms with Gasteiger partial charge in [-0.25, -0.2) is 9.97 Å². The predicted octanol–water partition coefficient (Wildman–Crippen LogP) is 6.18. The van der Waals surface area contributed by atoms with E-state index in [1.807, 2.05) is 12.1 Å². The Morgan fingerprint density at radius 2 is 1.74 bits per heavy atom. The number of thiazole rings is 1. The van der Waals surface area contributed by atoms with Crippen molar-refractivity contribution >= 4 is 26.7 Å². The third kappa shape index (κ3) is 5.54. The number of alkyl halides is 3. The second-order valence-corrected chi connectivity index (χ2v) is 9.55. The van der Waals surface area contributed by atoms with Gasteiger partial charge in [0.2, 0.25) is 5.88 Å². The number of fused-ring (bicyclic) bond motifs is 1. The normalized spacial score (nSPS) is 14.9. The Labute approximate surface area is 204 Å². The zero-order chi connectivity index (χ0) is 24.4. The summed E-state index contributed by atoms with van der Waals surface area (Å²) in [6, 6.07) is 12.2. The molecule has 0 radical (unpaired) electrons. The molecule has 1 saturated heterocycles. The van der Waals surface area contributed by atoms with E-state index in [-0.39, 0.29) is 0 Å². The van der Waals surface area contributed by atoms with Crippen molar-refractivity contribution in [2.24, 2.45) is 0 Å². The molecule has 5 rings (SSSR count). The smallest absolute Gasteiger partial charge is 0.416 e. The van der Waals surface area contributed by atoms with Crippen molar-refractivity contribution in [1.29, 1.82) is 0 Å². The van der Waals surface area contributed by atoms with E-state index in [9.17, 15) is 13.2 Å². The molecule has 0 spiro atoms. The van der Waals surface area contributed by atoms with Gasteiger partial charge < -0.3 is 15.4 Å².